The number of hydrogen-bond acceptors (Lipinski definition) is 6. The molecule has 1 aliphatic heterocycles. The topological polar surface area (TPSA) is 59.3 Å². The number of imidazole rings is 1. The minimum absolute atomic E-state index is 0.100. The van der Waals surface area contributed by atoms with E-state index in [0.29, 0.717) is 0 Å². The highest BCUT2D eigenvalue weighted by atomic mass is 16.5. The summed E-state index contributed by atoms with van der Waals surface area (Å²) in [7, 11) is 3.73. The molecular weight excluding hydrogens is 460 g/mol. The molecule has 4 aromatic rings. The van der Waals surface area contributed by atoms with Crippen molar-refractivity contribution < 1.29 is 4.74 Å². The maximum Gasteiger partial charge on any atom is 0.227 e. The van der Waals surface area contributed by atoms with Crippen LogP contribution in [0.15, 0.2) is 48.8 Å². The summed E-state index contributed by atoms with van der Waals surface area (Å²) in [6.07, 6.45) is 3.64. The average Bonchev–Trinajstić information content (AvgIpc) is 3.09. The minimum atomic E-state index is 0.100. The lowest BCUT2D eigenvalue weighted by atomic mass is 9.84. The minimum Gasteiger partial charge on any atom is -0.497 e. The summed E-state index contributed by atoms with van der Waals surface area (Å²) in [6.45, 7) is 12.7. The molecule has 0 atom stereocenters. The average molecular weight is 499 g/mol. The predicted molar refractivity (Wildman–Crippen MR) is 151 cm³/mol. The highest BCUT2D eigenvalue weighted by Crippen LogP contribution is 2.28. The molecule has 3 heterocycles. The quantitative estimate of drug-likeness (QED) is 0.373. The zero-order chi connectivity index (χ0) is 26.2. The normalized spacial score (nSPS) is 14.8. The first-order valence-corrected chi connectivity index (χ1v) is 13.1. The number of anilines is 2. The first kappa shape index (κ1) is 25.1. The second-order valence-corrected chi connectivity index (χ2v) is 11.1. The number of aromatic nitrogens is 4. The zero-order valence-corrected chi connectivity index (χ0v) is 23.0. The van der Waals surface area contributed by atoms with E-state index in [0.717, 1.165) is 67.6 Å². The van der Waals surface area contributed by atoms with E-state index in [1.807, 2.05) is 30.1 Å². The van der Waals surface area contributed by atoms with E-state index in [4.69, 9.17) is 14.7 Å². The third-order valence-corrected chi connectivity index (χ3v) is 7.42. The SMILES string of the molecule is COc1ccc(N2CCCN(c3nc(Cc4cc(C(C)(C)C)ccc4C)c4c(ncn4C)n3)CC2)cc1. The Bertz CT molecular complexity index is 1390. The molecule has 7 heteroatoms. The van der Waals surface area contributed by atoms with E-state index in [1.54, 1.807) is 7.11 Å². The van der Waals surface area contributed by atoms with Crippen molar-refractivity contribution in [2.75, 3.05) is 43.1 Å². The first-order chi connectivity index (χ1) is 17.7. The number of hydrogen-bond donors (Lipinski definition) is 0. The molecule has 0 amide bonds. The summed E-state index contributed by atoms with van der Waals surface area (Å²) >= 11 is 0. The van der Waals surface area contributed by atoms with Gasteiger partial charge in [-0.3, -0.25) is 0 Å². The Balaban J connectivity index is 1.44. The highest BCUT2D eigenvalue weighted by Gasteiger charge is 2.22. The van der Waals surface area contributed by atoms with Gasteiger partial charge >= 0.3 is 0 Å². The molecule has 7 nitrogen and oxygen atoms in total. The predicted octanol–water partition coefficient (Wildman–Crippen LogP) is 5.29. The van der Waals surface area contributed by atoms with Crippen LogP contribution in [0, 0.1) is 6.92 Å². The largest absolute Gasteiger partial charge is 0.497 e. The second kappa shape index (κ2) is 10.0. The van der Waals surface area contributed by atoms with Crippen LogP contribution >= 0.6 is 0 Å². The number of ether oxygens (including phenoxy) is 1. The summed E-state index contributed by atoms with van der Waals surface area (Å²) in [6, 6.07) is 15.2. The van der Waals surface area contributed by atoms with Crippen molar-refractivity contribution in [3.05, 3.63) is 71.2 Å². The van der Waals surface area contributed by atoms with E-state index in [9.17, 15) is 0 Å². The Kier molecular flexibility index (Phi) is 6.80. The van der Waals surface area contributed by atoms with Crippen molar-refractivity contribution in [1.82, 2.24) is 19.5 Å². The van der Waals surface area contributed by atoms with Crippen molar-refractivity contribution in [2.45, 2.75) is 46.0 Å². The van der Waals surface area contributed by atoms with E-state index in [2.05, 4.69) is 72.8 Å². The van der Waals surface area contributed by atoms with E-state index in [1.165, 1.54) is 22.4 Å². The molecule has 2 aromatic heterocycles. The van der Waals surface area contributed by atoms with Crippen LogP contribution in [0.4, 0.5) is 11.6 Å². The molecule has 0 unspecified atom stereocenters. The Morgan fingerprint density at radius 3 is 2.38 bits per heavy atom. The second-order valence-electron chi connectivity index (χ2n) is 11.1. The van der Waals surface area contributed by atoms with Crippen LogP contribution in [0.3, 0.4) is 0 Å². The molecule has 194 valence electrons. The summed E-state index contributed by atoms with van der Waals surface area (Å²) < 4.78 is 7.37. The number of methoxy groups -OCH3 is 1. The maximum atomic E-state index is 5.33. The number of aryl methyl sites for hydroxylation is 2. The molecule has 1 fully saturated rings. The summed E-state index contributed by atoms with van der Waals surface area (Å²) in [5.41, 5.74) is 8.07. The van der Waals surface area contributed by atoms with Crippen molar-refractivity contribution in [3.8, 4) is 5.75 Å². The van der Waals surface area contributed by atoms with Crippen LogP contribution in [0.1, 0.15) is 49.6 Å². The monoisotopic (exact) mass is 498 g/mol. The molecule has 5 rings (SSSR count). The molecule has 0 spiro atoms. The number of nitrogens with zero attached hydrogens (tertiary/aromatic N) is 6. The first-order valence-electron chi connectivity index (χ1n) is 13.1. The number of fused-ring (bicyclic) bond motifs is 1. The van der Waals surface area contributed by atoms with Crippen molar-refractivity contribution >= 4 is 22.8 Å². The van der Waals surface area contributed by atoms with Gasteiger partial charge in [0, 0.05) is 45.3 Å². The highest BCUT2D eigenvalue weighted by molar-refractivity contribution is 5.75. The zero-order valence-electron chi connectivity index (χ0n) is 23.0. The van der Waals surface area contributed by atoms with Crippen LogP contribution in [0.25, 0.3) is 11.2 Å². The number of rotatable bonds is 5. The molecule has 0 bridgehead atoms. The van der Waals surface area contributed by atoms with Crippen LogP contribution < -0.4 is 14.5 Å². The molecule has 37 heavy (non-hydrogen) atoms. The van der Waals surface area contributed by atoms with Gasteiger partial charge in [0.15, 0.2) is 5.65 Å². The molecule has 0 aliphatic carbocycles. The Hall–Kier alpha value is -3.61. The van der Waals surface area contributed by atoms with Gasteiger partial charge in [-0.2, -0.15) is 4.98 Å². The molecule has 0 saturated carbocycles. The summed E-state index contributed by atoms with van der Waals surface area (Å²) in [4.78, 5) is 19.4. The Morgan fingerprint density at radius 2 is 1.65 bits per heavy atom. The van der Waals surface area contributed by atoms with Crippen LogP contribution in [-0.4, -0.2) is 52.8 Å². The van der Waals surface area contributed by atoms with Gasteiger partial charge in [0.1, 0.15) is 11.3 Å². The van der Waals surface area contributed by atoms with Crippen molar-refractivity contribution in [2.24, 2.45) is 7.05 Å². The lowest BCUT2D eigenvalue weighted by Crippen LogP contribution is -2.32. The molecular formula is C30H38N6O. The third-order valence-electron chi connectivity index (χ3n) is 7.42. The molecule has 1 saturated heterocycles. The van der Waals surface area contributed by atoms with Gasteiger partial charge in [-0.1, -0.05) is 39.0 Å². The summed E-state index contributed by atoms with van der Waals surface area (Å²) in [5.74, 6) is 1.66. The maximum absolute atomic E-state index is 5.33. The van der Waals surface area contributed by atoms with Gasteiger partial charge in [-0.05, 0) is 59.7 Å². The van der Waals surface area contributed by atoms with Crippen LogP contribution in [-0.2, 0) is 18.9 Å². The fourth-order valence-electron chi connectivity index (χ4n) is 5.07. The van der Waals surface area contributed by atoms with E-state index >= 15 is 0 Å². The van der Waals surface area contributed by atoms with Gasteiger partial charge in [-0.25, -0.2) is 9.97 Å². The fourth-order valence-corrected chi connectivity index (χ4v) is 5.07. The summed E-state index contributed by atoms with van der Waals surface area (Å²) in [5, 5.41) is 0. The van der Waals surface area contributed by atoms with Crippen molar-refractivity contribution in [3.63, 3.8) is 0 Å². The van der Waals surface area contributed by atoms with Gasteiger partial charge in [0.2, 0.25) is 5.95 Å². The molecule has 1 aliphatic rings. The standard InChI is InChI=1S/C30H38N6O/c1-21-8-9-23(30(2,3)4)18-22(21)19-26-27-28(31-20-34(27)5)33-29(32-26)36-15-7-14-35(16-17-36)24-10-12-25(37-6)13-11-24/h8-13,18,20H,7,14-17,19H2,1-6H3. The lowest BCUT2D eigenvalue weighted by molar-refractivity contribution is 0.415. The molecule has 0 radical (unpaired) electrons. The Morgan fingerprint density at radius 1 is 0.919 bits per heavy atom. The third kappa shape index (κ3) is 5.26. The van der Waals surface area contributed by atoms with Gasteiger partial charge in [0.25, 0.3) is 0 Å². The fraction of sp³-hybridized carbons (Fsp3) is 0.433. The van der Waals surface area contributed by atoms with Crippen molar-refractivity contribution in [1.29, 1.82) is 0 Å². The van der Waals surface area contributed by atoms with E-state index in [-0.39, 0.29) is 5.41 Å². The van der Waals surface area contributed by atoms with E-state index < -0.39 is 0 Å². The lowest BCUT2D eigenvalue weighted by Gasteiger charge is -2.24. The molecule has 2 aromatic carbocycles. The number of benzene rings is 2. The van der Waals surface area contributed by atoms with Gasteiger partial charge < -0.3 is 19.1 Å². The van der Waals surface area contributed by atoms with Gasteiger partial charge in [-0.15, -0.1) is 0 Å². The van der Waals surface area contributed by atoms with Gasteiger partial charge in [0.05, 0.1) is 19.1 Å². The Labute approximate surface area is 220 Å². The van der Waals surface area contributed by atoms with Crippen LogP contribution in [0.2, 0.25) is 0 Å². The smallest absolute Gasteiger partial charge is 0.227 e. The molecule has 0 N–H and O–H groups in total. The van der Waals surface area contributed by atoms with Crippen LogP contribution in [0.5, 0.6) is 5.75 Å².